The molecule has 3 N–H and O–H groups in total. The third-order valence-corrected chi connectivity index (χ3v) is 6.35. The van der Waals surface area contributed by atoms with E-state index in [0.29, 0.717) is 18.7 Å². The number of nitrogens with one attached hydrogen (secondary N) is 3. The van der Waals surface area contributed by atoms with Crippen molar-refractivity contribution in [3.63, 3.8) is 0 Å². The van der Waals surface area contributed by atoms with Crippen LogP contribution in [0.4, 0.5) is 15.3 Å². The van der Waals surface area contributed by atoms with E-state index < -0.39 is 17.5 Å². The maximum Gasteiger partial charge on any atom is 0.322 e. The second kappa shape index (κ2) is 8.09. The van der Waals surface area contributed by atoms with Crippen molar-refractivity contribution in [1.29, 1.82) is 0 Å². The van der Waals surface area contributed by atoms with Crippen LogP contribution in [0, 0.1) is 0 Å². The molecule has 1 saturated heterocycles. The number of benzene rings is 3. The second-order valence-electron chi connectivity index (χ2n) is 8.46. The summed E-state index contributed by atoms with van der Waals surface area (Å²) < 4.78 is 0. The number of urea groups is 2. The van der Waals surface area contributed by atoms with E-state index in [9.17, 15) is 14.4 Å². The molecule has 7 nitrogen and oxygen atoms in total. The number of nitrogens with zero attached hydrogens (tertiary/aromatic N) is 1. The number of fused-ring (bicyclic) bond motifs is 1. The van der Waals surface area contributed by atoms with Gasteiger partial charge in [0.25, 0.3) is 5.91 Å². The van der Waals surface area contributed by atoms with E-state index in [-0.39, 0.29) is 6.03 Å². The molecule has 1 unspecified atom stereocenters. The smallest absolute Gasteiger partial charge is 0.322 e. The SMILES string of the molecule is CC1(c2cccc(CNC(=O)N3CCc4c(-c5ccccc5)cccc43)c2)NC(=O)NC1=O. The number of amides is 5. The molecule has 5 amide bonds. The molecule has 0 spiro atoms. The van der Waals surface area contributed by atoms with Crippen molar-refractivity contribution in [3.8, 4) is 11.1 Å². The van der Waals surface area contributed by atoms with Crippen LogP contribution in [0.2, 0.25) is 0 Å². The summed E-state index contributed by atoms with van der Waals surface area (Å²) in [6, 6.07) is 22.9. The number of hydrogen-bond donors (Lipinski definition) is 3. The van der Waals surface area contributed by atoms with Gasteiger partial charge in [-0.25, -0.2) is 9.59 Å². The molecule has 1 fully saturated rings. The quantitative estimate of drug-likeness (QED) is 0.541. The van der Waals surface area contributed by atoms with Crippen LogP contribution in [0.1, 0.15) is 23.6 Å². The molecular weight excluding hydrogens is 416 g/mol. The molecule has 0 saturated carbocycles. The summed E-state index contributed by atoms with van der Waals surface area (Å²) in [6.45, 7) is 2.59. The van der Waals surface area contributed by atoms with Crippen molar-refractivity contribution in [3.05, 3.63) is 89.5 Å². The van der Waals surface area contributed by atoms with Crippen LogP contribution in [0.25, 0.3) is 11.1 Å². The Kier molecular flexibility index (Phi) is 5.09. The molecule has 2 aliphatic heterocycles. The first-order valence-corrected chi connectivity index (χ1v) is 10.9. The van der Waals surface area contributed by atoms with Gasteiger partial charge in [-0.05, 0) is 47.2 Å². The average Bonchev–Trinajstić information content (AvgIpc) is 3.38. The minimum atomic E-state index is -1.13. The molecule has 3 aromatic carbocycles. The predicted molar refractivity (Wildman–Crippen MR) is 126 cm³/mol. The summed E-state index contributed by atoms with van der Waals surface area (Å²) in [7, 11) is 0. The van der Waals surface area contributed by atoms with Crippen molar-refractivity contribution < 1.29 is 14.4 Å². The predicted octanol–water partition coefficient (Wildman–Crippen LogP) is 3.68. The normalized spacial score (nSPS) is 19.1. The Hall–Kier alpha value is -4.13. The van der Waals surface area contributed by atoms with Crippen LogP contribution in [-0.2, 0) is 23.3 Å². The molecule has 2 aliphatic rings. The first-order valence-electron chi connectivity index (χ1n) is 10.9. The lowest BCUT2D eigenvalue weighted by Gasteiger charge is -2.22. The molecular formula is C26H24N4O3. The molecule has 7 heteroatoms. The highest BCUT2D eigenvalue weighted by Gasteiger charge is 2.43. The number of imide groups is 1. The number of rotatable bonds is 4. The van der Waals surface area contributed by atoms with Gasteiger partial charge in [0.15, 0.2) is 0 Å². The molecule has 0 bridgehead atoms. The Morgan fingerprint density at radius 3 is 2.58 bits per heavy atom. The molecule has 3 aromatic rings. The largest absolute Gasteiger partial charge is 0.334 e. The zero-order valence-corrected chi connectivity index (χ0v) is 18.2. The van der Waals surface area contributed by atoms with Crippen LogP contribution < -0.4 is 20.9 Å². The van der Waals surface area contributed by atoms with Gasteiger partial charge in [-0.1, -0.05) is 66.7 Å². The van der Waals surface area contributed by atoms with Gasteiger partial charge >= 0.3 is 12.1 Å². The maximum absolute atomic E-state index is 13.0. The van der Waals surface area contributed by atoms with E-state index in [1.54, 1.807) is 17.9 Å². The lowest BCUT2D eigenvalue weighted by Crippen LogP contribution is -2.41. The third kappa shape index (κ3) is 3.71. The minimum Gasteiger partial charge on any atom is -0.334 e. The summed E-state index contributed by atoms with van der Waals surface area (Å²) in [5, 5.41) is 7.93. The summed E-state index contributed by atoms with van der Waals surface area (Å²) in [5.74, 6) is -0.392. The van der Waals surface area contributed by atoms with Crippen molar-refractivity contribution >= 4 is 23.7 Å². The number of anilines is 1. The Balaban J connectivity index is 1.31. The number of hydrogen-bond acceptors (Lipinski definition) is 3. The Bertz CT molecular complexity index is 1260. The Morgan fingerprint density at radius 2 is 1.82 bits per heavy atom. The van der Waals surface area contributed by atoms with Gasteiger partial charge in [0.2, 0.25) is 0 Å². The van der Waals surface area contributed by atoms with Crippen molar-refractivity contribution in [2.24, 2.45) is 0 Å². The minimum absolute atomic E-state index is 0.164. The fraction of sp³-hybridized carbons (Fsp3) is 0.192. The number of carbonyl (C=O) groups excluding carboxylic acids is 3. The molecule has 166 valence electrons. The van der Waals surface area contributed by atoms with Crippen LogP contribution in [0.5, 0.6) is 0 Å². The van der Waals surface area contributed by atoms with Crippen LogP contribution in [-0.4, -0.2) is 24.5 Å². The van der Waals surface area contributed by atoms with Gasteiger partial charge in [0.1, 0.15) is 5.54 Å². The van der Waals surface area contributed by atoms with Gasteiger partial charge in [0, 0.05) is 18.8 Å². The standard InChI is InChI=1S/C26H24N4O3/c1-26(23(31)28-24(32)29-26)19-10-5-7-17(15-19)16-27-25(33)30-14-13-21-20(11-6-12-22(21)30)18-8-3-2-4-9-18/h2-12,15H,13-14,16H2,1H3,(H,27,33)(H2,28,29,31,32). The van der Waals surface area contributed by atoms with Gasteiger partial charge in [-0.15, -0.1) is 0 Å². The summed E-state index contributed by atoms with van der Waals surface area (Å²) in [5.41, 5.74) is 4.78. The zero-order chi connectivity index (χ0) is 23.0. The fourth-order valence-corrected chi connectivity index (χ4v) is 4.55. The van der Waals surface area contributed by atoms with E-state index in [1.807, 2.05) is 48.5 Å². The first-order chi connectivity index (χ1) is 16.0. The van der Waals surface area contributed by atoms with Crippen LogP contribution in [0.3, 0.4) is 0 Å². The third-order valence-electron chi connectivity index (χ3n) is 6.35. The van der Waals surface area contributed by atoms with Crippen molar-refractivity contribution in [1.82, 2.24) is 16.0 Å². The average molecular weight is 441 g/mol. The van der Waals surface area contributed by atoms with Crippen molar-refractivity contribution in [2.45, 2.75) is 25.4 Å². The van der Waals surface area contributed by atoms with Crippen molar-refractivity contribution in [2.75, 3.05) is 11.4 Å². The van der Waals surface area contributed by atoms with Crippen LogP contribution >= 0.6 is 0 Å². The summed E-state index contributed by atoms with van der Waals surface area (Å²) >= 11 is 0. The topological polar surface area (TPSA) is 90.5 Å². The molecule has 2 heterocycles. The highest BCUT2D eigenvalue weighted by molar-refractivity contribution is 6.07. The Morgan fingerprint density at radius 1 is 1.03 bits per heavy atom. The highest BCUT2D eigenvalue weighted by Crippen LogP contribution is 2.36. The summed E-state index contributed by atoms with van der Waals surface area (Å²) in [6.07, 6.45) is 0.802. The number of carbonyl (C=O) groups is 3. The second-order valence-corrected chi connectivity index (χ2v) is 8.46. The van der Waals surface area contributed by atoms with Gasteiger partial charge in [0.05, 0.1) is 0 Å². The fourth-order valence-electron chi connectivity index (χ4n) is 4.55. The summed E-state index contributed by atoms with van der Waals surface area (Å²) in [4.78, 5) is 38.6. The van der Waals surface area contributed by atoms with E-state index >= 15 is 0 Å². The Labute approximate surface area is 191 Å². The zero-order valence-electron chi connectivity index (χ0n) is 18.2. The van der Waals surface area contributed by atoms with E-state index in [2.05, 4.69) is 34.1 Å². The van der Waals surface area contributed by atoms with Gasteiger partial charge in [-0.3, -0.25) is 15.0 Å². The van der Waals surface area contributed by atoms with E-state index in [1.165, 1.54) is 5.56 Å². The molecule has 5 rings (SSSR count). The van der Waals surface area contributed by atoms with E-state index in [4.69, 9.17) is 0 Å². The molecule has 0 aromatic heterocycles. The highest BCUT2D eigenvalue weighted by atomic mass is 16.2. The van der Waals surface area contributed by atoms with Gasteiger partial charge < -0.3 is 10.6 Å². The maximum atomic E-state index is 13.0. The molecule has 33 heavy (non-hydrogen) atoms. The molecule has 1 atom stereocenters. The van der Waals surface area contributed by atoms with E-state index in [0.717, 1.165) is 28.8 Å². The lowest BCUT2D eigenvalue weighted by atomic mass is 9.91. The van der Waals surface area contributed by atoms with Crippen LogP contribution in [0.15, 0.2) is 72.8 Å². The monoisotopic (exact) mass is 440 g/mol. The lowest BCUT2D eigenvalue weighted by molar-refractivity contribution is -0.123. The van der Waals surface area contributed by atoms with Gasteiger partial charge in [-0.2, -0.15) is 0 Å². The first kappa shape index (κ1) is 20.8. The molecule has 0 aliphatic carbocycles. The molecule has 0 radical (unpaired) electrons.